The summed E-state index contributed by atoms with van der Waals surface area (Å²) < 4.78 is 7.81. The number of rotatable bonds is 6. The molecule has 0 saturated carbocycles. The van der Waals surface area contributed by atoms with Crippen molar-refractivity contribution in [2.24, 2.45) is 0 Å². The fraction of sp³-hybridized carbons (Fsp3) is 0.500. The summed E-state index contributed by atoms with van der Waals surface area (Å²) in [6, 6.07) is 10.4. The Hall–Kier alpha value is -1.65. The van der Waals surface area contributed by atoms with Gasteiger partial charge in [-0.3, -0.25) is 4.68 Å². The van der Waals surface area contributed by atoms with E-state index in [1.54, 1.807) is 13.8 Å². The molecule has 0 spiro atoms. The van der Waals surface area contributed by atoms with Crippen LogP contribution in [-0.2, 0) is 11.3 Å². The first-order valence-corrected chi connectivity index (χ1v) is 7.65. The van der Waals surface area contributed by atoms with Gasteiger partial charge < -0.3 is 9.84 Å². The normalized spacial score (nSPS) is 14.1. The predicted molar refractivity (Wildman–Crippen MR) is 87.6 cm³/mol. The van der Waals surface area contributed by atoms with Crippen molar-refractivity contribution in [3.05, 3.63) is 53.9 Å². The van der Waals surface area contributed by atoms with Crippen LogP contribution in [0.1, 0.15) is 51.8 Å². The minimum atomic E-state index is -0.902. The largest absolute Gasteiger partial charge is 0.387 e. The SMILES string of the molecule is CC(c1ccccc1)n1cc(COC(C)(C)C(C)(C)O)cn1. The Morgan fingerprint density at radius 3 is 2.41 bits per heavy atom. The third-order valence-electron chi connectivity index (χ3n) is 4.41. The van der Waals surface area contributed by atoms with Crippen LogP contribution in [0.2, 0.25) is 0 Å². The first-order chi connectivity index (χ1) is 10.2. The molecule has 4 nitrogen and oxygen atoms in total. The smallest absolute Gasteiger partial charge is 0.0911 e. The summed E-state index contributed by atoms with van der Waals surface area (Å²) in [6.45, 7) is 9.85. The highest BCUT2D eigenvalue weighted by atomic mass is 16.5. The molecule has 0 aliphatic heterocycles. The zero-order valence-electron chi connectivity index (χ0n) is 14.1. The van der Waals surface area contributed by atoms with Crippen LogP contribution in [-0.4, -0.2) is 26.1 Å². The molecule has 0 aliphatic carbocycles. The van der Waals surface area contributed by atoms with Crippen molar-refractivity contribution >= 4 is 0 Å². The molecule has 120 valence electrons. The van der Waals surface area contributed by atoms with Crippen molar-refractivity contribution in [1.29, 1.82) is 0 Å². The van der Waals surface area contributed by atoms with Crippen molar-refractivity contribution in [2.75, 3.05) is 0 Å². The molecular weight excluding hydrogens is 276 g/mol. The zero-order valence-corrected chi connectivity index (χ0v) is 14.1. The average Bonchev–Trinajstić information content (AvgIpc) is 2.93. The van der Waals surface area contributed by atoms with E-state index >= 15 is 0 Å². The number of aliphatic hydroxyl groups is 1. The summed E-state index contributed by atoms with van der Waals surface area (Å²) >= 11 is 0. The van der Waals surface area contributed by atoms with Crippen molar-refractivity contribution in [2.45, 2.75) is 58.5 Å². The second-order valence-corrected chi connectivity index (χ2v) is 6.77. The Labute approximate surface area is 132 Å². The second-order valence-electron chi connectivity index (χ2n) is 6.77. The van der Waals surface area contributed by atoms with E-state index < -0.39 is 11.2 Å². The molecule has 1 N–H and O–H groups in total. The van der Waals surface area contributed by atoms with Gasteiger partial charge in [-0.05, 0) is 40.2 Å². The fourth-order valence-corrected chi connectivity index (χ4v) is 1.99. The van der Waals surface area contributed by atoms with E-state index in [0.717, 1.165) is 5.56 Å². The number of aromatic nitrogens is 2. The lowest BCUT2D eigenvalue weighted by Gasteiger charge is -2.36. The summed E-state index contributed by atoms with van der Waals surface area (Å²) in [7, 11) is 0. The standard InChI is InChI=1S/C18H26N2O2/c1-14(16-9-7-6-8-10-16)20-12-15(11-19-20)13-22-18(4,5)17(2,3)21/h6-12,14,21H,13H2,1-5H3. The molecule has 1 heterocycles. The summed E-state index contributed by atoms with van der Waals surface area (Å²) in [5.74, 6) is 0. The maximum absolute atomic E-state index is 10.1. The first kappa shape index (κ1) is 16.7. The molecule has 22 heavy (non-hydrogen) atoms. The zero-order chi connectivity index (χ0) is 16.4. The molecule has 1 unspecified atom stereocenters. The summed E-state index contributed by atoms with van der Waals surface area (Å²) in [4.78, 5) is 0. The highest BCUT2D eigenvalue weighted by Gasteiger charge is 2.36. The van der Waals surface area contributed by atoms with Crippen molar-refractivity contribution in [1.82, 2.24) is 9.78 Å². The number of hydrogen-bond acceptors (Lipinski definition) is 3. The Bertz CT molecular complexity index is 597. The Kier molecular flexibility index (Phi) is 4.73. The molecule has 0 bridgehead atoms. The van der Waals surface area contributed by atoms with Crippen LogP contribution in [0.25, 0.3) is 0 Å². The molecule has 1 atom stereocenters. The van der Waals surface area contributed by atoms with Gasteiger partial charge in [0.15, 0.2) is 0 Å². The van der Waals surface area contributed by atoms with E-state index in [2.05, 4.69) is 24.2 Å². The Balaban J connectivity index is 2.03. The van der Waals surface area contributed by atoms with Crippen LogP contribution in [0.3, 0.4) is 0 Å². The van der Waals surface area contributed by atoms with Gasteiger partial charge in [-0.1, -0.05) is 30.3 Å². The minimum Gasteiger partial charge on any atom is -0.387 e. The molecule has 0 aliphatic rings. The highest BCUT2D eigenvalue weighted by Crippen LogP contribution is 2.26. The van der Waals surface area contributed by atoms with Crippen molar-refractivity contribution in [3.63, 3.8) is 0 Å². The lowest BCUT2D eigenvalue weighted by atomic mass is 9.89. The van der Waals surface area contributed by atoms with E-state index in [1.807, 2.05) is 49.1 Å². The summed E-state index contributed by atoms with van der Waals surface area (Å²) in [5.41, 5.74) is 0.690. The van der Waals surface area contributed by atoms with Gasteiger partial charge in [-0.2, -0.15) is 5.10 Å². The molecule has 0 amide bonds. The molecule has 2 rings (SSSR count). The van der Waals surface area contributed by atoms with Crippen LogP contribution in [0, 0.1) is 0 Å². The maximum Gasteiger partial charge on any atom is 0.0911 e. The number of nitrogens with zero attached hydrogens (tertiary/aromatic N) is 2. The average molecular weight is 302 g/mol. The van der Waals surface area contributed by atoms with Gasteiger partial charge in [-0.25, -0.2) is 0 Å². The molecule has 0 radical (unpaired) electrons. The van der Waals surface area contributed by atoms with Crippen LogP contribution in [0.4, 0.5) is 0 Å². The summed E-state index contributed by atoms with van der Waals surface area (Å²) in [5, 5.41) is 14.5. The van der Waals surface area contributed by atoms with Gasteiger partial charge >= 0.3 is 0 Å². The Morgan fingerprint density at radius 2 is 1.82 bits per heavy atom. The fourth-order valence-electron chi connectivity index (χ4n) is 1.99. The van der Waals surface area contributed by atoms with E-state index in [9.17, 15) is 5.11 Å². The third-order valence-corrected chi connectivity index (χ3v) is 4.41. The van der Waals surface area contributed by atoms with Gasteiger partial charge in [0.1, 0.15) is 0 Å². The number of benzene rings is 1. The second kappa shape index (κ2) is 6.23. The van der Waals surface area contributed by atoms with E-state index in [0.29, 0.717) is 6.61 Å². The van der Waals surface area contributed by atoms with E-state index in [4.69, 9.17) is 4.74 Å². The summed E-state index contributed by atoms with van der Waals surface area (Å²) in [6.07, 6.45) is 3.82. The van der Waals surface area contributed by atoms with Crippen molar-refractivity contribution < 1.29 is 9.84 Å². The van der Waals surface area contributed by atoms with Gasteiger partial charge in [-0.15, -0.1) is 0 Å². The van der Waals surface area contributed by atoms with Gasteiger partial charge in [0.05, 0.1) is 30.0 Å². The van der Waals surface area contributed by atoms with Gasteiger partial charge in [0, 0.05) is 11.8 Å². The van der Waals surface area contributed by atoms with Crippen LogP contribution in [0.5, 0.6) is 0 Å². The maximum atomic E-state index is 10.1. The molecule has 0 saturated heterocycles. The van der Waals surface area contributed by atoms with Crippen LogP contribution in [0.15, 0.2) is 42.7 Å². The lowest BCUT2D eigenvalue weighted by molar-refractivity contribution is -0.153. The third kappa shape index (κ3) is 3.76. The van der Waals surface area contributed by atoms with Crippen LogP contribution < -0.4 is 0 Å². The molecule has 4 heteroatoms. The van der Waals surface area contributed by atoms with Gasteiger partial charge in [0.25, 0.3) is 0 Å². The monoisotopic (exact) mass is 302 g/mol. The molecule has 0 fully saturated rings. The Morgan fingerprint density at radius 1 is 1.18 bits per heavy atom. The number of hydrogen-bond donors (Lipinski definition) is 1. The molecule has 1 aromatic carbocycles. The van der Waals surface area contributed by atoms with E-state index in [-0.39, 0.29) is 6.04 Å². The highest BCUT2D eigenvalue weighted by molar-refractivity contribution is 5.19. The molecule has 2 aromatic rings. The quantitative estimate of drug-likeness (QED) is 0.887. The molecular formula is C18H26N2O2. The lowest BCUT2D eigenvalue weighted by Crippen LogP contribution is -2.47. The predicted octanol–water partition coefficient (Wildman–Crippen LogP) is 3.56. The topological polar surface area (TPSA) is 47.3 Å². The van der Waals surface area contributed by atoms with Gasteiger partial charge in [0.2, 0.25) is 0 Å². The van der Waals surface area contributed by atoms with Crippen molar-refractivity contribution in [3.8, 4) is 0 Å². The first-order valence-electron chi connectivity index (χ1n) is 7.65. The van der Waals surface area contributed by atoms with E-state index in [1.165, 1.54) is 5.56 Å². The number of ether oxygens (including phenoxy) is 1. The molecule has 1 aromatic heterocycles. The van der Waals surface area contributed by atoms with Crippen LogP contribution >= 0.6 is 0 Å². The minimum absolute atomic E-state index is 0.178.